The summed E-state index contributed by atoms with van der Waals surface area (Å²) >= 11 is 1.83. The molecule has 0 N–H and O–H groups in total. The SMILES string of the molecule is c1ccc(-c2cccc(-c3nc(-c4ccccc4)nc(-c4ccc5c(c4)oc4c(-c6cccc7c6sc6ccccc67)cccc45)n3)c2)cc1. The molecule has 0 aliphatic carbocycles. The number of para-hydroxylation sites is 1. The van der Waals surface area contributed by atoms with E-state index in [0.717, 1.165) is 55.3 Å². The van der Waals surface area contributed by atoms with E-state index in [1.165, 1.54) is 25.7 Å². The van der Waals surface area contributed by atoms with Gasteiger partial charge in [0.1, 0.15) is 11.2 Å². The van der Waals surface area contributed by atoms with Crippen LogP contribution in [0.25, 0.3) is 98.5 Å². The van der Waals surface area contributed by atoms with Crippen LogP contribution in [-0.4, -0.2) is 15.0 Å². The fourth-order valence-electron chi connectivity index (χ4n) is 6.93. The lowest BCUT2D eigenvalue weighted by Crippen LogP contribution is -2.00. The third-order valence-corrected chi connectivity index (χ3v) is 10.6. The molecule has 0 bridgehead atoms. The number of furan rings is 1. The molecule has 4 nitrogen and oxygen atoms in total. The van der Waals surface area contributed by atoms with Crippen molar-refractivity contribution in [3.8, 4) is 56.4 Å². The van der Waals surface area contributed by atoms with Gasteiger partial charge in [0.25, 0.3) is 0 Å². The van der Waals surface area contributed by atoms with Crippen LogP contribution in [0, 0.1) is 0 Å². The van der Waals surface area contributed by atoms with Crippen molar-refractivity contribution in [3.63, 3.8) is 0 Å². The normalized spacial score (nSPS) is 11.6. The third-order valence-electron chi connectivity index (χ3n) is 9.35. The molecule has 5 heteroatoms. The van der Waals surface area contributed by atoms with E-state index in [9.17, 15) is 0 Å². The number of aromatic nitrogens is 3. The fraction of sp³-hybridized carbons (Fsp3) is 0. The molecule has 0 spiro atoms. The summed E-state index contributed by atoms with van der Waals surface area (Å²) in [4.78, 5) is 15.0. The van der Waals surface area contributed by atoms with Crippen molar-refractivity contribution in [2.45, 2.75) is 0 Å². The van der Waals surface area contributed by atoms with Crippen LogP contribution < -0.4 is 0 Å². The van der Waals surface area contributed by atoms with Crippen molar-refractivity contribution < 1.29 is 4.42 Å². The number of benzene rings is 7. The highest BCUT2D eigenvalue weighted by atomic mass is 32.1. The van der Waals surface area contributed by atoms with Gasteiger partial charge in [-0.3, -0.25) is 0 Å². The third kappa shape index (κ3) is 4.79. The minimum absolute atomic E-state index is 0.594. The summed E-state index contributed by atoms with van der Waals surface area (Å²) in [6.07, 6.45) is 0. The van der Waals surface area contributed by atoms with E-state index in [4.69, 9.17) is 19.4 Å². The van der Waals surface area contributed by atoms with Gasteiger partial charge in [-0.15, -0.1) is 11.3 Å². The topological polar surface area (TPSA) is 51.8 Å². The predicted octanol–water partition coefficient (Wildman–Crippen LogP) is 12.5. The molecule has 0 fully saturated rings. The predicted molar refractivity (Wildman–Crippen MR) is 207 cm³/mol. The van der Waals surface area contributed by atoms with Crippen molar-refractivity contribution >= 4 is 53.4 Å². The Morgan fingerprint density at radius 1 is 0.380 bits per heavy atom. The Bertz CT molecular complexity index is 2870. The lowest BCUT2D eigenvalue weighted by atomic mass is 10.00. The first-order valence-electron chi connectivity index (χ1n) is 16.6. The highest BCUT2D eigenvalue weighted by Gasteiger charge is 2.18. The van der Waals surface area contributed by atoms with Gasteiger partial charge in [-0.25, -0.2) is 15.0 Å². The maximum atomic E-state index is 6.75. The summed E-state index contributed by atoms with van der Waals surface area (Å²) in [6.45, 7) is 0. The van der Waals surface area contributed by atoms with E-state index in [1.54, 1.807) is 0 Å². The zero-order valence-corrected chi connectivity index (χ0v) is 27.6. The molecule has 3 aromatic heterocycles. The van der Waals surface area contributed by atoms with Crippen molar-refractivity contribution in [3.05, 3.63) is 164 Å². The molecule has 0 saturated heterocycles. The molecular formula is C45H27N3OS. The van der Waals surface area contributed by atoms with E-state index in [1.807, 2.05) is 47.7 Å². The van der Waals surface area contributed by atoms with Crippen molar-refractivity contribution in [1.82, 2.24) is 15.0 Å². The van der Waals surface area contributed by atoms with Crippen LogP contribution in [0.15, 0.2) is 168 Å². The second-order valence-electron chi connectivity index (χ2n) is 12.4. The molecule has 0 aliphatic rings. The van der Waals surface area contributed by atoms with Gasteiger partial charge in [0.05, 0.1) is 0 Å². The first-order chi connectivity index (χ1) is 24.8. The van der Waals surface area contributed by atoms with Gasteiger partial charge in [-0.05, 0) is 35.4 Å². The summed E-state index contributed by atoms with van der Waals surface area (Å²) in [5.41, 5.74) is 8.92. The molecule has 234 valence electrons. The molecule has 50 heavy (non-hydrogen) atoms. The first-order valence-corrected chi connectivity index (χ1v) is 17.4. The number of hydrogen-bond acceptors (Lipinski definition) is 5. The van der Waals surface area contributed by atoms with Gasteiger partial charge in [-0.1, -0.05) is 140 Å². The van der Waals surface area contributed by atoms with Gasteiger partial charge in [0.15, 0.2) is 17.5 Å². The molecule has 10 rings (SSSR count). The van der Waals surface area contributed by atoms with Crippen LogP contribution in [0.3, 0.4) is 0 Å². The van der Waals surface area contributed by atoms with Crippen LogP contribution in [0.2, 0.25) is 0 Å². The summed E-state index contributed by atoms with van der Waals surface area (Å²) in [7, 11) is 0. The Morgan fingerprint density at radius 2 is 0.960 bits per heavy atom. The highest BCUT2D eigenvalue weighted by Crippen LogP contribution is 2.43. The smallest absolute Gasteiger partial charge is 0.164 e. The van der Waals surface area contributed by atoms with Crippen molar-refractivity contribution in [1.29, 1.82) is 0 Å². The Hall–Kier alpha value is -6.43. The zero-order chi connectivity index (χ0) is 33.0. The first kappa shape index (κ1) is 28.6. The lowest BCUT2D eigenvalue weighted by molar-refractivity contribution is 0.670. The van der Waals surface area contributed by atoms with Crippen LogP contribution in [-0.2, 0) is 0 Å². The summed E-state index contributed by atoms with van der Waals surface area (Å²) in [6, 6.07) is 56.7. The van der Waals surface area contributed by atoms with E-state index in [-0.39, 0.29) is 0 Å². The molecule has 0 unspecified atom stereocenters. The molecule has 0 radical (unpaired) electrons. The molecular weight excluding hydrogens is 631 g/mol. The number of hydrogen-bond donors (Lipinski definition) is 0. The second kappa shape index (κ2) is 11.6. The molecule has 0 saturated carbocycles. The molecule has 7 aromatic carbocycles. The van der Waals surface area contributed by atoms with Crippen LogP contribution in [0.5, 0.6) is 0 Å². The van der Waals surface area contributed by atoms with Gasteiger partial charge < -0.3 is 4.42 Å². The van der Waals surface area contributed by atoms with E-state index in [0.29, 0.717) is 17.5 Å². The van der Waals surface area contributed by atoms with Crippen LogP contribution in [0.1, 0.15) is 0 Å². The number of rotatable bonds is 5. The largest absolute Gasteiger partial charge is 0.455 e. The van der Waals surface area contributed by atoms with Crippen LogP contribution >= 0.6 is 11.3 Å². The molecule has 0 amide bonds. The van der Waals surface area contributed by atoms with E-state index < -0.39 is 0 Å². The zero-order valence-electron chi connectivity index (χ0n) is 26.7. The second-order valence-corrected chi connectivity index (χ2v) is 13.4. The Balaban J connectivity index is 1.13. The quantitative estimate of drug-likeness (QED) is 0.185. The average Bonchev–Trinajstić information content (AvgIpc) is 3.77. The number of thiophene rings is 1. The maximum Gasteiger partial charge on any atom is 0.164 e. The monoisotopic (exact) mass is 657 g/mol. The van der Waals surface area contributed by atoms with Gasteiger partial charge in [-0.2, -0.15) is 0 Å². The van der Waals surface area contributed by atoms with Gasteiger partial charge in [0.2, 0.25) is 0 Å². The van der Waals surface area contributed by atoms with Crippen molar-refractivity contribution in [2.24, 2.45) is 0 Å². The summed E-state index contributed by atoms with van der Waals surface area (Å²) in [5, 5.41) is 4.70. The standard InChI is InChI=1S/C45H27N3OS/c1-3-12-28(13-4-1)30-16-9-17-31(26-30)44-46-43(29-14-5-2-6-15-29)47-45(48-44)32-24-25-33-35-19-10-20-36(41(35)49-39(33)27-32)38-22-11-21-37-34-18-7-8-23-40(34)50-42(37)38/h1-27H. The Labute approximate surface area is 292 Å². The highest BCUT2D eigenvalue weighted by molar-refractivity contribution is 7.26. The molecule has 10 aromatic rings. The average molecular weight is 658 g/mol. The Morgan fingerprint density at radius 3 is 1.76 bits per heavy atom. The van der Waals surface area contributed by atoms with Crippen molar-refractivity contribution in [2.75, 3.05) is 0 Å². The summed E-state index contributed by atoms with van der Waals surface area (Å²) in [5.74, 6) is 1.84. The fourth-order valence-corrected chi connectivity index (χ4v) is 8.16. The number of fused-ring (bicyclic) bond motifs is 6. The maximum absolute atomic E-state index is 6.75. The number of nitrogens with zero attached hydrogens (tertiary/aromatic N) is 3. The van der Waals surface area contributed by atoms with E-state index >= 15 is 0 Å². The van der Waals surface area contributed by atoms with Gasteiger partial charge >= 0.3 is 0 Å². The Kier molecular flexibility index (Phi) is 6.64. The minimum Gasteiger partial charge on any atom is -0.455 e. The van der Waals surface area contributed by atoms with Crippen LogP contribution in [0.4, 0.5) is 0 Å². The molecule has 0 atom stereocenters. The minimum atomic E-state index is 0.594. The van der Waals surface area contributed by atoms with Gasteiger partial charge in [0, 0.05) is 58.8 Å². The summed E-state index contributed by atoms with van der Waals surface area (Å²) < 4.78 is 9.31. The molecule has 3 heterocycles. The molecule has 0 aliphatic heterocycles. The van der Waals surface area contributed by atoms with E-state index in [2.05, 4.69) is 127 Å². The lowest BCUT2D eigenvalue weighted by Gasteiger charge is -2.09.